The summed E-state index contributed by atoms with van der Waals surface area (Å²) < 4.78 is 39.1. The molecule has 4 amide bonds. The van der Waals surface area contributed by atoms with E-state index in [9.17, 15) is 32.4 Å². The van der Waals surface area contributed by atoms with Gasteiger partial charge in [-0.25, -0.2) is 18.0 Å². The lowest BCUT2D eigenvalue weighted by Crippen LogP contribution is -2.55. The first-order valence-electron chi connectivity index (χ1n) is 18.0. The number of fused-ring (bicyclic) bond motifs is 3. The Hall–Kier alpha value is -3.94. The third-order valence-electron chi connectivity index (χ3n) is 11.6. The highest BCUT2D eigenvalue weighted by Gasteiger charge is 2.61. The van der Waals surface area contributed by atoms with Crippen molar-refractivity contribution in [2.45, 2.75) is 114 Å². The Labute approximate surface area is 292 Å². The Morgan fingerprint density at radius 3 is 2.52 bits per heavy atom. The number of ether oxygens (including phenoxy) is 2. The highest BCUT2D eigenvalue weighted by atomic mass is 32.2. The summed E-state index contributed by atoms with van der Waals surface area (Å²) in [5.74, 6) is -2.20. The molecule has 1 saturated heterocycles. The molecule has 50 heavy (non-hydrogen) atoms. The van der Waals surface area contributed by atoms with E-state index < -0.39 is 74.6 Å². The van der Waals surface area contributed by atoms with Gasteiger partial charge in [-0.2, -0.15) is 0 Å². The van der Waals surface area contributed by atoms with Crippen molar-refractivity contribution >= 4 is 39.8 Å². The summed E-state index contributed by atoms with van der Waals surface area (Å²) in [6, 6.07) is 4.02. The van der Waals surface area contributed by atoms with Crippen LogP contribution in [0.5, 0.6) is 0 Å². The molecule has 3 aliphatic heterocycles. The fourth-order valence-corrected chi connectivity index (χ4v) is 9.80. The van der Waals surface area contributed by atoms with Gasteiger partial charge in [-0.3, -0.25) is 24.0 Å². The number of hydrogen-bond donors (Lipinski definition) is 2. The molecule has 270 valence electrons. The van der Waals surface area contributed by atoms with Gasteiger partial charge in [0.15, 0.2) is 5.78 Å². The van der Waals surface area contributed by atoms with Crippen molar-refractivity contribution in [3.05, 3.63) is 47.5 Å². The first-order valence-corrected chi connectivity index (χ1v) is 19.5. The largest absolute Gasteiger partial charge is 0.450 e. The lowest BCUT2D eigenvalue weighted by molar-refractivity contribution is -0.141. The van der Waals surface area contributed by atoms with Gasteiger partial charge in [0.25, 0.3) is 0 Å². The molecule has 3 heterocycles. The van der Waals surface area contributed by atoms with Crippen molar-refractivity contribution in [1.82, 2.24) is 19.8 Å². The minimum absolute atomic E-state index is 0.0149. The highest BCUT2D eigenvalue weighted by Crippen LogP contribution is 2.57. The number of Topliss-reactive ketones (excluding diaryl/α,β-unsaturated/α-hetero) is 1. The standard InChI is InChI=1S/C36H46N4O9S/c1-2-25-17-36(25,33(43)38-50(46,47)27-13-14-27)18-30(41)29-16-26-20-40(29)32(42)31(23-9-3-4-10-23)37-34(44)48-15-6-5-8-22-11-7-12-24-19-39(21-28(22)24)35(45)49-26/h2,7,11-12,23,25-27,29,31H,1,3-6,8-10,13-21H2,(H,37,44)(H,38,43)/t25-,26-,29+,31+,36-/m1/s1. The molecule has 4 bridgehead atoms. The normalized spacial score (nSPS) is 30.5. The molecule has 0 aromatic heterocycles. The van der Waals surface area contributed by atoms with Crippen LogP contribution in [0.3, 0.4) is 0 Å². The van der Waals surface area contributed by atoms with E-state index in [1.165, 1.54) is 4.90 Å². The third kappa shape index (κ3) is 6.87. The SMILES string of the molecule is C=C[C@@H]1C[C@]1(CC(=O)[C@@H]1C[C@@H]2CN1C(=O)[C@H](C1CCCC1)NC(=O)OCCCCc1cccc3c1CN(C3)C(=O)O2)C(=O)NS(=O)(=O)C1CC1. The van der Waals surface area contributed by atoms with Crippen LogP contribution in [-0.4, -0.2) is 84.6 Å². The van der Waals surface area contributed by atoms with Crippen molar-refractivity contribution in [3.63, 3.8) is 0 Å². The van der Waals surface area contributed by atoms with Crippen LogP contribution in [0.15, 0.2) is 30.9 Å². The van der Waals surface area contributed by atoms with Crippen LogP contribution in [0, 0.1) is 17.3 Å². The highest BCUT2D eigenvalue weighted by molar-refractivity contribution is 7.90. The minimum atomic E-state index is -3.85. The summed E-state index contributed by atoms with van der Waals surface area (Å²) in [5.41, 5.74) is 1.95. The summed E-state index contributed by atoms with van der Waals surface area (Å²) in [4.78, 5) is 71.8. The number of carbonyl (C=O) groups excluding carboxylic acids is 5. The van der Waals surface area contributed by atoms with E-state index >= 15 is 0 Å². The zero-order valence-electron chi connectivity index (χ0n) is 28.3. The molecule has 5 atom stereocenters. The third-order valence-corrected chi connectivity index (χ3v) is 13.4. The molecule has 0 spiro atoms. The van der Waals surface area contributed by atoms with E-state index in [0.717, 1.165) is 55.2 Å². The molecule has 1 aromatic carbocycles. The Morgan fingerprint density at radius 1 is 1.04 bits per heavy atom. The molecule has 3 aliphatic carbocycles. The molecular weight excluding hydrogens is 664 g/mol. The van der Waals surface area contributed by atoms with Crippen molar-refractivity contribution < 1.29 is 41.9 Å². The van der Waals surface area contributed by atoms with Crippen molar-refractivity contribution in [1.29, 1.82) is 0 Å². The first kappa shape index (κ1) is 34.5. The minimum Gasteiger partial charge on any atom is -0.450 e. The van der Waals surface area contributed by atoms with E-state index in [4.69, 9.17) is 9.47 Å². The van der Waals surface area contributed by atoms with Gasteiger partial charge >= 0.3 is 12.2 Å². The lowest BCUT2D eigenvalue weighted by atomic mass is 9.91. The van der Waals surface area contributed by atoms with E-state index in [1.54, 1.807) is 11.0 Å². The van der Waals surface area contributed by atoms with Crippen molar-refractivity contribution in [2.75, 3.05) is 13.2 Å². The van der Waals surface area contributed by atoms with Crippen LogP contribution in [0.25, 0.3) is 0 Å². The smallest absolute Gasteiger partial charge is 0.410 e. The average Bonchev–Trinajstić information content (AvgIpc) is 3.86. The topological polar surface area (TPSA) is 168 Å². The van der Waals surface area contributed by atoms with Crippen LogP contribution in [0.1, 0.15) is 87.3 Å². The molecule has 14 heteroatoms. The lowest BCUT2D eigenvalue weighted by Gasteiger charge is -2.31. The number of carbonyl (C=O) groups is 5. The van der Waals surface area contributed by atoms with E-state index in [0.29, 0.717) is 32.4 Å². The maximum absolute atomic E-state index is 14.4. The summed E-state index contributed by atoms with van der Waals surface area (Å²) in [5, 5.41) is 2.20. The fourth-order valence-electron chi connectivity index (χ4n) is 8.41. The predicted molar refractivity (Wildman–Crippen MR) is 180 cm³/mol. The van der Waals surface area contributed by atoms with Gasteiger partial charge < -0.3 is 19.7 Å². The Kier molecular flexibility index (Phi) is 9.42. The number of amides is 4. The van der Waals surface area contributed by atoms with Crippen molar-refractivity contribution in [3.8, 4) is 0 Å². The zero-order chi connectivity index (χ0) is 35.2. The van der Waals surface area contributed by atoms with Crippen LogP contribution < -0.4 is 10.0 Å². The van der Waals surface area contributed by atoms with Crippen LogP contribution in [-0.2, 0) is 53.4 Å². The van der Waals surface area contributed by atoms with E-state index in [2.05, 4.69) is 16.6 Å². The number of sulfonamides is 1. The number of nitrogens with zero attached hydrogens (tertiary/aromatic N) is 2. The Balaban J connectivity index is 1.15. The number of aryl methyl sites for hydroxylation is 1. The van der Waals surface area contributed by atoms with E-state index in [-0.39, 0.29) is 38.3 Å². The number of benzene rings is 1. The quantitative estimate of drug-likeness (QED) is 0.384. The molecule has 2 N–H and O–H groups in total. The number of cyclic esters (lactones) is 1. The second-order valence-corrected chi connectivity index (χ2v) is 16.9. The second kappa shape index (κ2) is 13.6. The van der Waals surface area contributed by atoms with Gasteiger partial charge in [0.2, 0.25) is 21.8 Å². The average molecular weight is 711 g/mol. The number of rotatable bonds is 8. The van der Waals surface area contributed by atoms with Crippen LogP contribution >= 0.6 is 0 Å². The molecule has 3 saturated carbocycles. The molecule has 4 fully saturated rings. The zero-order valence-corrected chi connectivity index (χ0v) is 29.1. The summed E-state index contributed by atoms with van der Waals surface area (Å²) in [6.07, 6.45) is 5.83. The van der Waals surface area contributed by atoms with Gasteiger partial charge in [0.05, 0.1) is 29.9 Å². The van der Waals surface area contributed by atoms with Gasteiger partial charge in [0.1, 0.15) is 12.1 Å². The molecule has 1 aromatic rings. The maximum Gasteiger partial charge on any atom is 0.410 e. The van der Waals surface area contributed by atoms with Gasteiger partial charge in [0, 0.05) is 25.9 Å². The van der Waals surface area contributed by atoms with Gasteiger partial charge in [-0.1, -0.05) is 37.1 Å². The second-order valence-electron chi connectivity index (χ2n) is 14.9. The molecule has 13 nitrogen and oxygen atoms in total. The summed E-state index contributed by atoms with van der Waals surface area (Å²) in [7, 11) is -3.85. The predicted octanol–water partition coefficient (Wildman–Crippen LogP) is 3.49. The molecule has 6 aliphatic rings. The monoisotopic (exact) mass is 710 g/mol. The van der Waals surface area contributed by atoms with E-state index in [1.807, 2.05) is 18.2 Å². The molecular formula is C36H46N4O9S. The molecule has 0 radical (unpaired) electrons. The fraction of sp³-hybridized carbons (Fsp3) is 0.639. The number of alkyl carbamates (subject to hydrolysis) is 1. The summed E-state index contributed by atoms with van der Waals surface area (Å²) in [6.45, 7) is 4.68. The number of ketones is 1. The number of nitrogens with one attached hydrogen (secondary N) is 2. The first-order chi connectivity index (χ1) is 24.0. The van der Waals surface area contributed by atoms with Crippen LogP contribution in [0.4, 0.5) is 9.59 Å². The van der Waals surface area contributed by atoms with Crippen molar-refractivity contribution in [2.24, 2.45) is 17.3 Å². The Bertz CT molecular complexity index is 1690. The number of allylic oxidation sites excluding steroid dienone is 1. The number of hydrogen-bond acceptors (Lipinski definition) is 9. The van der Waals surface area contributed by atoms with Gasteiger partial charge in [-0.05, 0) is 79.9 Å². The molecule has 7 rings (SSSR count). The van der Waals surface area contributed by atoms with Gasteiger partial charge in [-0.15, -0.1) is 6.58 Å². The van der Waals surface area contributed by atoms with Crippen LogP contribution in [0.2, 0.25) is 0 Å². The Morgan fingerprint density at radius 2 is 1.80 bits per heavy atom. The maximum atomic E-state index is 14.4. The summed E-state index contributed by atoms with van der Waals surface area (Å²) >= 11 is 0. The molecule has 0 unspecified atom stereocenters.